The maximum Gasteiger partial charge on any atom is 0.280 e. The Morgan fingerprint density at radius 2 is 2.25 bits per heavy atom. The fourth-order valence-electron chi connectivity index (χ4n) is 2.51. The lowest BCUT2D eigenvalue weighted by molar-refractivity contribution is -0.111. The highest BCUT2D eigenvalue weighted by atomic mass is 16.5. The topological polar surface area (TPSA) is 101 Å². The van der Waals surface area contributed by atoms with Gasteiger partial charge < -0.3 is 14.0 Å². The van der Waals surface area contributed by atoms with E-state index in [1.165, 1.54) is 0 Å². The van der Waals surface area contributed by atoms with Crippen LogP contribution in [0.25, 0.3) is 23.0 Å². The van der Waals surface area contributed by atoms with Gasteiger partial charge >= 0.3 is 0 Å². The summed E-state index contributed by atoms with van der Waals surface area (Å²) < 4.78 is 17.4. The van der Waals surface area contributed by atoms with E-state index < -0.39 is 0 Å². The van der Waals surface area contributed by atoms with Gasteiger partial charge in [0.25, 0.3) is 5.89 Å². The first kappa shape index (κ1) is 14.8. The highest BCUT2D eigenvalue weighted by molar-refractivity contribution is 5.58. The maximum atomic E-state index is 5.30. The molecule has 1 aliphatic heterocycles. The van der Waals surface area contributed by atoms with Crippen LogP contribution in [0.3, 0.4) is 0 Å². The van der Waals surface area contributed by atoms with E-state index in [1.807, 2.05) is 0 Å². The van der Waals surface area contributed by atoms with Gasteiger partial charge in [-0.1, -0.05) is 17.3 Å². The molecule has 9 heteroatoms. The molecule has 0 amide bonds. The largest absolute Gasteiger partial charge is 0.481 e. The van der Waals surface area contributed by atoms with Crippen molar-refractivity contribution < 1.29 is 14.0 Å². The van der Waals surface area contributed by atoms with Crippen molar-refractivity contribution >= 4 is 0 Å². The highest BCUT2D eigenvalue weighted by Gasteiger charge is 2.34. The number of ether oxygens (including phenoxy) is 2. The SMILES string of the molecule is COc1cc(-c2noc(-c3cn(CC4(C)COC4)nn3)n2)ccn1. The summed E-state index contributed by atoms with van der Waals surface area (Å²) in [6, 6.07) is 3.52. The molecule has 3 aromatic rings. The number of rotatable bonds is 5. The summed E-state index contributed by atoms with van der Waals surface area (Å²) in [5.41, 5.74) is 1.40. The minimum atomic E-state index is 0.110. The van der Waals surface area contributed by atoms with Gasteiger partial charge in [0.1, 0.15) is 0 Å². The van der Waals surface area contributed by atoms with Crippen molar-refractivity contribution in [1.29, 1.82) is 0 Å². The molecule has 9 nitrogen and oxygen atoms in total. The lowest BCUT2D eigenvalue weighted by atomic mass is 9.89. The first-order valence-corrected chi connectivity index (χ1v) is 7.48. The van der Waals surface area contributed by atoms with Gasteiger partial charge in [-0.25, -0.2) is 4.98 Å². The van der Waals surface area contributed by atoms with Crippen molar-refractivity contribution in [2.45, 2.75) is 13.5 Å². The molecule has 24 heavy (non-hydrogen) atoms. The summed E-state index contributed by atoms with van der Waals surface area (Å²) >= 11 is 0. The second-order valence-corrected chi connectivity index (χ2v) is 6.11. The fraction of sp³-hybridized carbons (Fsp3) is 0.400. The molecule has 0 radical (unpaired) electrons. The van der Waals surface area contributed by atoms with E-state index >= 15 is 0 Å². The number of nitrogens with zero attached hydrogens (tertiary/aromatic N) is 6. The molecule has 0 saturated carbocycles. The Morgan fingerprint density at radius 3 is 3.00 bits per heavy atom. The normalized spacial score (nSPS) is 15.9. The second-order valence-electron chi connectivity index (χ2n) is 6.11. The Balaban J connectivity index is 1.55. The summed E-state index contributed by atoms with van der Waals surface area (Å²) in [5, 5.41) is 12.2. The van der Waals surface area contributed by atoms with Crippen LogP contribution in [-0.2, 0) is 11.3 Å². The van der Waals surface area contributed by atoms with E-state index in [-0.39, 0.29) is 5.41 Å². The van der Waals surface area contributed by atoms with Crippen LogP contribution >= 0.6 is 0 Å². The van der Waals surface area contributed by atoms with Gasteiger partial charge in [0.2, 0.25) is 11.7 Å². The van der Waals surface area contributed by atoms with Gasteiger partial charge in [-0.3, -0.25) is 4.68 Å². The summed E-state index contributed by atoms with van der Waals surface area (Å²) in [5.74, 6) is 1.25. The van der Waals surface area contributed by atoms with E-state index in [2.05, 4.69) is 32.4 Å². The van der Waals surface area contributed by atoms with Crippen molar-refractivity contribution in [2.75, 3.05) is 20.3 Å². The number of aromatic nitrogens is 6. The van der Waals surface area contributed by atoms with Crippen LogP contribution in [0.1, 0.15) is 6.92 Å². The van der Waals surface area contributed by atoms with Crippen LogP contribution in [0, 0.1) is 5.41 Å². The molecule has 0 bridgehead atoms. The number of pyridine rings is 1. The predicted molar refractivity (Wildman–Crippen MR) is 82.0 cm³/mol. The molecule has 0 aliphatic carbocycles. The molecular formula is C15H16N6O3. The molecule has 124 valence electrons. The zero-order valence-electron chi connectivity index (χ0n) is 13.3. The Hall–Kier alpha value is -2.81. The Bertz CT molecular complexity index is 854. The minimum Gasteiger partial charge on any atom is -0.481 e. The number of hydrogen-bond acceptors (Lipinski definition) is 8. The number of hydrogen-bond donors (Lipinski definition) is 0. The fourth-order valence-corrected chi connectivity index (χ4v) is 2.51. The maximum absolute atomic E-state index is 5.30. The van der Waals surface area contributed by atoms with Crippen molar-refractivity contribution in [3.05, 3.63) is 24.5 Å². The van der Waals surface area contributed by atoms with E-state index in [0.29, 0.717) is 23.3 Å². The smallest absolute Gasteiger partial charge is 0.280 e. The van der Waals surface area contributed by atoms with Gasteiger partial charge in [0, 0.05) is 23.2 Å². The highest BCUT2D eigenvalue weighted by Crippen LogP contribution is 2.29. The van der Waals surface area contributed by atoms with E-state index in [0.717, 1.165) is 25.3 Å². The third-order valence-electron chi connectivity index (χ3n) is 3.83. The zero-order valence-corrected chi connectivity index (χ0v) is 13.3. The van der Waals surface area contributed by atoms with Gasteiger partial charge in [-0.2, -0.15) is 4.98 Å². The lowest BCUT2D eigenvalue weighted by Crippen LogP contribution is -2.43. The van der Waals surface area contributed by atoms with Crippen molar-refractivity contribution in [1.82, 2.24) is 30.1 Å². The minimum absolute atomic E-state index is 0.110. The first-order valence-electron chi connectivity index (χ1n) is 7.48. The average molecular weight is 328 g/mol. The quantitative estimate of drug-likeness (QED) is 0.693. The number of methoxy groups -OCH3 is 1. The molecule has 4 heterocycles. The van der Waals surface area contributed by atoms with Crippen LogP contribution < -0.4 is 4.74 Å². The second kappa shape index (κ2) is 5.68. The first-order chi connectivity index (χ1) is 11.6. The van der Waals surface area contributed by atoms with E-state index in [4.69, 9.17) is 14.0 Å². The third-order valence-corrected chi connectivity index (χ3v) is 3.83. The van der Waals surface area contributed by atoms with Gasteiger partial charge in [0.15, 0.2) is 5.69 Å². The summed E-state index contributed by atoms with van der Waals surface area (Å²) in [7, 11) is 1.56. The molecule has 3 aromatic heterocycles. The summed E-state index contributed by atoms with van der Waals surface area (Å²) in [6.45, 7) is 4.36. The van der Waals surface area contributed by atoms with Gasteiger partial charge in [-0.05, 0) is 6.07 Å². The zero-order chi connectivity index (χ0) is 16.6. The van der Waals surface area contributed by atoms with Gasteiger partial charge in [0.05, 0.1) is 33.1 Å². The molecule has 0 atom stereocenters. The lowest BCUT2D eigenvalue weighted by Gasteiger charge is -2.37. The molecule has 0 aromatic carbocycles. The standard InChI is InChI=1S/C15H16N6O3/c1-15(8-23-9-15)7-21-6-11(18-20-21)14-17-13(19-24-14)10-3-4-16-12(5-10)22-2/h3-6H,7-9H2,1-2H3. The molecule has 0 unspecified atom stereocenters. The van der Waals surface area contributed by atoms with Gasteiger partial charge in [-0.15, -0.1) is 5.10 Å². The monoisotopic (exact) mass is 328 g/mol. The summed E-state index contributed by atoms with van der Waals surface area (Å²) in [6.07, 6.45) is 3.43. The third kappa shape index (κ3) is 2.73. The van der Waals surface area contributed by atoms with Crippen molar-refractivity contribution in [3.63, 3.8) is 0 Å². The van der Waals surface area contributed by atoms with Crippen molar-refractivity contribution in [3.8, 4) is 28.9 Å². The molecule has 1 aliphatic rings. The van der Waals surface area contributed by atoms with E-state index in [9.17, 15) is 0 Å². The Labute approximate surface area is 137 Å². The van der Waals surface area contributed by atoms with Crippen LogP contribution in [0.15, 0.2) is 29.0 Å². The van der Waals surface area contributed by atoms with Crippen LogP contribution in [0.4, 0.5) is 0 Å². The van der Waals surface area contributed by atoms with Crippen LogP contribution in [0.5, 0.6) is 5.88 Å². The Kier molecular flexibility index (Phi) is 3.49. The molecular weight excluding hydrogens is 312 g/mol. The summed E-state index contributed by atoms with van der Waals surface area (Å²) in [4.78, 5) is 8.42. The molecule has 0 spiro atoms. The molecule has 0 N–H and O–H groups in total. The van der Waals surface area contributed by atoms with E-state index in [1.54, 1.807) is 36.3 Å². The predicted octanol–water partition coefficient (Wildman–Crippen LogP) is 1.44. The van der Waals surface area contributed by atoms with Crippen molar-refractivity contribution in [2.24, 2.45) is 5.41 Å². The van der Waals surface area contributed by atoms with Crippen LogP contribution in [0.2, 0.25) is 0 Å². The van der Waals surface area contributed by atoms with Crippen LogP contribution in [-0.4, -0.2) is 50.4 Å². The molecule has 1 fully saturated rings. The Morgan fingerprint density at radius 1 is 1.38 bits per heavy atom. The molecule has 4 rings (SSSR count). The average Bonchev–Trinajstić information content (AvgIpc) is 3.22. The molecule has 1 saturated heterocycles.